The Morgan fingerprint density at radius 1 is 1.03 bits per heavy atom. The van der Waals surface area contributed by atoms with Gasteiger partial charge in [0.1, 0.15) is 5.82 Å². The van der Waals surface area contributed by atoms with E-state index in [0.717, 1.165) is 0 Å². The Labute approximate surface area is 227 Å². The molecule has 7 nitrogen and oxygen atoms in total. The van der Waals surface area contributed by atoms with Crippen molar-refractivity contribution in [1.82, 2.24) is 4.57 Å². The zero-order chi connectivity index (χ0) is 27.5. The second-order valence-electron chi connectivity index (χ2n) is 8.57. The Bertz CT molecular complexity index is 1740. The first-order valence-corrected chi connectivity index (χ1v) is 13.0. The molecule has 1 atom stereocenters. The number of thiazole rings is 1. The molecule has 0 spiro atoms. The van der Waals surface area contributed by atoms with E-state index in [4.69, 9.17) is 19.2 Å². The second kappa shape index (κ2) is 11.1. The van der Waals surface area contributed by atoms with Gasteiger partial charge in [0.2, 0.25) is 0 Å². The number of carbonyl (C=O) groups excluding carboxylic acids is 1. The highest BCUT2D eigenvalue weighted by Gasteiger charge is 2.35. The molecule has 198 valence electrons. The Morgan fingerprint density at radius 2 is 1.77 bits per heavy atom. The van der Waals surface area contributed by atoms with Crippen LogP contribution in [0.4, 0.5) is 4.39 Å². The van der Waals surface area contributed by atoms with Crippen molar-refractivity contribution in [3.8, 4) is 11.5 Å². The lowest BCUT2D eigenvalue weighted by Gasteiger charge is -2.25. The van der Waals surface area contributed by atoms with Gasteiger partial charge < -0.3 is 14.2 Å². The van der Waals surface area contributed by atoms with E-state index in [-0.39, 0.29) is 17.7 Å². The third-order valence-electron chi connectivity index (χ3n) is 6.28. The molecule has 2 heterocycles. The largest absolute Gasteiger partial charge is 0.493 e. The predicted molar refractivity (Wildman–Crippen MR) is 147 cm³/mol. The fourth-order valence-corrected chi connectivity index (χ4v) is 5.56. The zero-order valence-corrected chi connectivity index (χ0v) is 22.3. The van der Waals surface area contributed by atoms with Gasteiger partial charge in [0.25, 0.3) is 5.56 Å². The van der Waals surface area contributed by atoms with Gasteiger partial charge in [0.05, 0.1) is 42.7 Å². The number of rotatable bonds is 7. The molecule has 0 amide bonds. The minimum Gasteiger partial charge on any atom is -0.493 e. The number of benzene rings is 3. The molecular weight excluding hydrogens is 519 g/mol. The van der Waals surface area contributed by atoms with Gasteiger partial charge in [-0.25, -0.2) is 14.2 Å². The monoisotopic (exact) mass is 544 g/mol. The molecule has 0 N–H and O–H groups in total. The number of aromatic nitrogens is 1. The second-order valence-corrected chi connectivity index (χ2v) is 9.57. The highest BCUT2D eigenvalue weighted by molar-refractivity contribution is 7.07. The van der Waals surface area contributed by atoms with Gasteiger partial charge in [-0.1, -0.05) is 65.9 Å². The first-order valence-electron chi connectivity index (χ1n) is 12.2. The van der Waals surface area contributed by atoms with Crippen LogP contribution >= 0.6 is 11.3 Å². The van der Waals surface area contributed by atoms with Crippen LogP contribution in [0, 0.1) is 5.82 Å². The van der Waals surface area contributed by atoms with Crippen LogP contribution in [0.5, 0.6) is 11.5 Å². The average Bonchev–Trinajstić information content (AvgIpc) is 3.27. The molecule has 3 aromatic carbocycles. The Balaban J connectivity index is 1.83. The van der Waals surface area contributed by atoms with E-state index in [1.54, 1.807) is 44.4 Å². The van der Waals surface area contributed by atoms with Crippen LogP contribution in [0.25, 0.3) is 11.8 Å². The topological polar surface area (TPSA) is 79.1 Å². The number of halogens is 1. The highest BCUT2D eigenvalue weighted by atomic mass is 32.1. The third kappa shape index (κ3) is 4.88. The van der Waals surface area contributed by atoms with Gasteiger partial charge in [-0.15, -0.1) is 0 Å². The fourth-order valence-electron chi connectivity index (χ4n) is 4.57. The van der Waals surface area contributed by atoms with Crippen molar-refractivity contribution in [3.63, 3.8) is 0 Å². The standard InChI is InChI=1S/C30H25FN2O5S/c1-4-38-29(35)24-25(18-9-6-5-7-10-18)32-30-33(26(24)19-13-15-21(31)16-14-19)28(34)23(39-30)17-20-11-8-12-22(36-2)27(20)37-3/h5-17,26H,4H2,1-3H3/b23-17-/t26-/m0/s1. The molecule has 0 radical (unpaired) electrons. The predicted octanol–water partition coefficient (Wildman–Crippen LogP) is 4.09. The summed E-state index contributed by atoms with van der Waals surface area (Å²) >= 11 is 1.19. The van der Waals surface area contributed by atoms with Crippen molar-refractivity contribution in [3.05, 3.63) is 121 Å². The maximum atomic E-state index is 14.0. The number of carbonyl (C=O) groups is 1. The summed E-state index contributed by atoms with van der Waals surface area (Å²) in [5.74, 6) is -0.0170. The van der Waals surface area contributed by atoms with Crippen LogP contribution in [0.3, 0.4) is 0 Å². The summed E-state index contributed by atoms with van der Waals surface area (Å²) in [7, 11) is 3.07. The van der Waals surface area contributed by atoms with Crippen LogP contribution in [0.1, 0.15) is 29.7 Å². The molecule has 1 aliphatic heterocycles. The van der Waals surface area contributed by atoms with E-state index in [0.29, 0.717) is 43.2 Å². The zero-order valence-electron chi connectivity index (χ0n) is 21.5. The van der Waals surface area contributed by atoms with Crippen molar-refractivity contribution in [2.45, 2.75) is 13.0 Å². The molecule has 1 aliphatic rings. The van der Waals surface area contributed by atoms with E-state index < -0.39 is 17.8 Å². The van der Waals surface area contributed by atoms with Crippen molar-refractivity contribution >= 4 is 29.1 Å². The van der Waals surface area contributed by atoms with Crippen LogP contribution in [-0.2, 0) is 9.53 Å². The van der Waals surface area contributed by atoms with Crippen molar-refractivity contribution in [2.24, 2.45) is 4.99 Å². The number of para-hydroxylation sites is 1. The van der Waals surface area contributed by atoms with E-state index in [1.807, 2.05) is 36.4 Å². The van der Waals surface area contributed by atoms with E-state index >= 15 is 0 Å². The van der Waals surface area contributed by atoms with Gasteiger partial charge in [-0.2, -0.15) is 0 Å². The van der Waals surface area contributed by atoms with Gasteiger partial charge in [0, 0.05) is 11.1 Å². The molecule has 0 unspecified atom stereocenters. The lowest BCUT2D eigenvalue weighted by atomic mass is 9.93. The number of methoxy groups -OCH3 is 2. The maximum absolute atomic E-state index is 14.0. The normalized spacial score (nSPS) is 15.0. The molecule has 0 saturated heterocycles. The van der Waals surface area contributed by atoms with E-state index in [1.165, 1.54) is 35.1 Å². The Morgan fingerprint density at radius 3 is 2.44 bits per heavy atom. The van der Waals surface area contributed by atoms with Crippen LogP contribution < -0.4 is 24.4 Å². The molecule has 1 aromatic heterocycles. The van der Waals surface area contributed by atoms with Gasteiger partial charge >= 0.3 is 5.97 Å². The molecule has 0 fully saturated rings. The molecule has 4 aromatic rings. The van der Waals surface area contributed by atoms with Crippen molar-refractivity contribution in [2.75, 3.05) is 20.8 Å². The van der Waals surface area contributed by atoms with Gasteiger partial charge in [-0.05, 0) is 36.8 Å². The number of hydrogen-bond donors (Lipinski definition) is 0. The molecule has 0 bridgehead atoms. The number of esters is 1. The molecule has 0 saturated carbocycles. The van der Waals surface area contributed by atoms with Crippen LogP contribution in [0.2, 0.25) is 0 Å². The van der Waals surface area contributed by atoms with Crippen LogP contribution in [-0.4, -0.2) is 31.4 Å². The maximum Gasteiger partial charge on any atom is 0.338 e. The Kier molecular flexibility index (Phi) is 7.42. The molecular formula is C30H25FN2O5S. The summed E-state index contributed by atoms with van der Waals surface area (Å²) in [6.45, 7) is 1.85. The smallest absolute Gasteiger partial charge is 0.338 e. The minimum absolute atomic E-state index is 0.139. The molecule has 39 heavy (non-hydrogen) atoms. The van der Waals surface area contributed by atoms with Crippen molar-refractivity contribution in [1.29, 1.82) is 0 Å². The quantitative estimate of drug-likeness (QED) is 0.328. The minimum atomic E-state index is -0.884. The van der Waals surface area contributed by atoms with E-state index in [9.17, 15) is 14.0 Å². The molecule has 0 aliphatic carbocycles. The third-order valence-corrected chi connectivity index (χ3v) is 7.26. The molecule has 5 rings (SSSR count). The number of hydrogen-bond acceptors (Lipinski definition) is 7. The lowest BCUT2D eigenvalue weighted by Crippen LogP contribution is -2.40. The average molecular weight is 545 g/mol. The first-order chi connectivity index (χ1) is 19.0. The molecule has 9 heteroatoms. The Hall–Kier alpha value is -4.50. The van der Waals surface area contributed by atoms with Crippen LogP contribution in [0.15, 0.2) is 88.2 Å². The van der Waals surface area contributed by atoms with E-state index in [2.05, 4.69) is 0 Å². The number of ether oxygens (including phenoxy) is 3. The summed E-state index contributed by atoms with van der Waals surface area (Å²) in [5, 5.41) is 0. The number of nitrogens with zero attached hydrogens (tertiary/aromatic N) is 2. The highest BCUT2D eigenvalue weighted by Crippen LogP contribution is 2.35. The first kappa shape index (κ1) is 26.1. The van der Waals surface area contributed by atoms with Crippen molar-refractivity contribution < 1.29 is 23.4 Å². The van der Waals surface area contributed by atoms with Gasteiger partial charge in [-0.3, -0.25) is 9.36 Å². The summed E-state index contributed by atoms with van der Waals surface area (Å²) in [5.41, 5.74) is 2.14. The summed E-state index contributed by atoms with van der Waals surface area (Å²) < 4.78 is 32.1. The summed E-state index contributed by atoms with van der Waals surface area (Å²) in [4.78, 5) is 32.6. The number of fused-ring (bicyclic) bond motifs is 1. The lowest BCUT2D eigenvalue weighted by molar-refractivity contribution is -0.138. The summed E-state index contributed by atoms with van der Waals surface area (Å²) in [6.07, 6.45) is 1.71. The SMILES string of the molecule is CCOC(=O)C1=C(c2ccccc2)N=c2s/c(=C\c3cccc(OC)c3OC)c(=O)n2[C@H]1c1ccc(F)cc1. The summed E-state index contributed by atoms with van der Waals surface area (Å²) in [6, 6.07) is 19.5. The fraction of sp³-hybridized carbons (Fsp3) is 0.167. The van der Waals surface area contributed by atoms with Gasteiger partial charge in [0.15, 0.2) is 16.3 Å².